The summed E-state index contributed by atoms with van der Waals surface area (Å²) in [4.78, 5) is 28.6. The highest BCUT2D eigenvalue weighted by atomic mass is 16.4. The molecule has 0 aliphatic heterocycles. The van der Waals surface area contributed by atoms with E-state index >= 15 is 0 Å². The Hall–Kier alpha value is -2.95. The van der Waals surface area contributed by atoms with Crippen LogP contribution in [-0.2, 0) is 11.2 Å². The lowest BCUT2D eigenvalue weighted by Gasteiger charge is -2.14. The fraction of sp³-hybridized carbons (Fsp3) is 0.286. The summed E-state index contributed by atoms with van der Waals surface area (Å²) in [5.74, 6) is -0.107. The van der Waals surface area contributed by atoms with E-state index in [1.54, 1.807) is 12.4 Å². The summed E-state index contributed by atoms with van der Waals surface area (Å²) in [6, 6.07) is 9.42. The Morgan fingerprint density at radius 2 is 2.08 bits per heavy atom. The zero-order chi connectivity index (χ0) is 18.7. The van der Waals surface area contributed by atoms with Gasteiger partial charge >= 0.3 is 5.63 Å². The monoisotopic (exact) mass is 350 g/mol. The quantitative estimate of drug-likeness (QED) is 0.714. The Kier molecular flexibility index (Phi) is 5.16. The number of hydrogen-bond donors (Lipinski definition) is 1. The number of benzene rings is 1. The van der Waals surface area contributed by atoms with E-state index in [1.807, 2.05) is 51.1 Å². The molecule has 0 radical (unpaired) electrons. The second kappa shape index (κ2) is 7.52. The van der Waals surface area contributed by atoms with Crippen molar-refractivity contribution in [3.05, 3.63) is 75.4 Å². The molecule has 0 saturated heterocycles. The van der Waals surface area contributed by atoms with E-state index in [2.05, 4.69) is 10.3 Å². The maximum Gasteiger partial charge on any atom is 0.339 e. The van der Waals surface area contributed by atoms with Crippen molar-refractivity contribution >= 4 is 16.9 Å². The lowest BCUT2D eigenvalue weighted by molar-refractivity contribution is -0.121. The van der Waals surface area contributed by atoms with Crippen LogP contribution in [0.4, 0.5) is 0 Å². The average Bonchev–Trinajstić information content (AvgIpc) is 2.61. The second-order valence-electron chi connectivity index (χ2n) is 6.57. The molecule has 1 aromatic carbocycles. The predicted octanol–water partition coefficient (Wildman–Crippen LogP) is 3.61. The third-order valence-electron chi connectivity index (χ3n) is 4.61. The molecule has 5 nitrogen and oxygen atoms in total. The first-order chi connectivity index (χ1) is 12.5. The van der Waals surface area contributed by atoms with Gasteiger partial charge in [0.1, 0.15) is 5.58 Å². The van der Waals surface area contributed by atoms with Crippen molar-refractivity contribution in [1.82, 2.24) is 10.3 Å². The lowest BCUT2D eigenvalue weighted by Crippen LogP contribution is -2.27. The average molecular weight is 350 g/mol. The molecule has 1 N–H and O–H groups in total. The number of carbonyl (C=O) groups excluding carboxylic acids is 1. The highest BCUT2D eigenvalue weighted by molar-refractivity contribution is 5.82. The molecule has 0 spiro atoms. The molecule has 0 saturated carbocycles. The normalized spacial score (nSPS) is 12.1. The number of nitrogens with zero attached hydrogens (tertiary/aromatic N) is 1. The van der Waals surface area contributed by atoms with Crippen LogP contribution in [0.25, 0.3) is 11.0 Å². The molecule has 0 bridgehead atoms. The highest BCUT2D eigenvalue weighted by Gasteiger charge is 2.14. The number of hydrogen-bond acceptors (Lipinski definition) is 4. The van der Waals surface area contributed by atoms with Crippen LogP contribution in [0.3, 0.4) is 0 Å². The van der Waals surface area contributed by atoms with Crippen molar-refractivity contribution in [3.8, 4) is 0 Å². The van der Waals surface area contributed by atoms with Gasteiger partial charge in [-0.15, -0.1) is 0 Å². The van der Waals surface area contributed by atoms with E-state index in [9.17, 15) is 9.59 Å². The zero-order valence-electron chi connectivity index (χ0n) is 15.2. The molecule has 1 unspecified atom stereocenters. The van der Waals surface area contributed by atoms with Gasteiger partial charge in [0, 0.05) is 29.8 Å². The summed E-state index contributed by atoms with van der Waals surface area (Å²) >= 11 is 0. The second-order valence-corrected chi connectivity index (χ2v) is 6.57. The molecule has 26 heavy (non-hydrogen) atoms. The standard InChI is InChI=1S/C21H22N2O3/c1-13-6-7-17-14(2)18(21(25)26-19(17)11-13)8-9-20(24)23-15(3)16-5-4-10-22-12-16/h4-7,10-12,15H,8-9H2,1-3H3,(H,23,24). The fourth-order valence-corrected chi connectivity index (χ4v) is 3.06. The largest absolute Gasteiger partial charge is 0.423 e. The van der Waals surface area contributed by atoms with Crippen molar-refractivity contribution in [2.24, 2.45) is 0 Å². The van der Waals surface area contributed by atoms with Crippen LogP contribution in [-0.4, -0.2) is 10.9 Å². The van der Waals surface area contributed by atoms with Crippen LogP contribution in [0.1, 0.15) is 41.6 Å². The summed E-state index contributed by atoms with van der Waals surface area (Å²) < 4.78 is 5.44. The summed E-state index contributed by atoms with van der Waals surface area (Å²) in [7, 11) is 0. The summed E-state index contributed by atoms with van der Waals surface area (Å²) in [6.07, 6.45) is 4.01. The Bertz CT molecular complexity index is 993. The minimum Gasteiger partial charge on any atom is -0.423 e. The first-order valence-electron chi connectivity index (χ1n) is 8.68. The Balaban J connectivity index is 1.72. The van der Waals surface area contributed by atoms with E-state index in [1.165, 1.54) is 0 Å². The Morgan fingerprint density at radius 1 is 1.27 bits per heavy atom. The lowest BCUT2D eigenvalue weighted by atomic mass is 10.0. The Morgan fingerprint density at radius 3 is 2.81 bits per heavy atom. The molecule has 5 heteroatoms. The molecule has 3 aromatic rings. The predicted molar refractivity (Wildman–Crippen MR) is 101 cm³/mol. The van der Waals surface area contributed by atoms with Crippen LogP contribution < -0.4 is 10.9 Å². The van der Waals surface area contributed by atoms with Gasteiger partial charge in [0.05, 0.1) is 6.04 Å². The first kappa shape index (κ1) is 17.9. The van der Waals surface area contributed by atoms with Gasteiger partial charge in [-0.1, -0.05) is 18.2 Å². The van der Waals surface area contributed by atoms with Gasteiger partial charge in [-0.25, -0.2) is 4.79 Å². The van der Waals surface area contributed by atoms with Crippen molar-refractivity contribution < 1.29 is 9.21 Å². The molecule has 1 atom stereocenters. The molecule has 0 fully saturated rings. The van der Waals surface area contributed by atoms with Gasteiger partial charge in [0.2, 0.25) is 5.91 Å². The highest BCUT2D eigenvalue weighted by Crippen LogP contribution is 2.21. The van der Waals surface area contributed by atoms with Crippen molar-refractivity contribution in [2.45, 2.75) is 39.7 Å². The summed E-state index contributed by atoms with van der Waals surface area (Å²) in [5, 5.41) is 3.85. The van der Waals surface area contributed by atoms with Gasteiger partial charge in [0.25, 0.3) is 0 Å². The van der Waals surface area contributed by atoms with Crippen LogP contribution >= 0.6 is 0 Å². The van der Waals surface area contributed by atoms with Crippen LogP contribution in [0.2, 0.25) is 0 Å². The molecule has 2 heterocycles. The van der Waals surface area contributed by atoms with Crippen molar-refractivity contribution in [2.75, 3.05) is 0 Å². The number of nitrogens with one attached hydrogen (secondary N) is 1. The van der Waals surface area contributed by atoms with E-state index in [4.69, 9.17) is 4.42 Å². The fourth-order valence-electron chi connectivity index (χ4n) is 3.06. The van der Waals surface area contributed by atoms with E-state index < -0.39 is 0 Å². The number of rotatable bonds is 5. The number of aromatic nitrogens is 1. The third kappa shape index (κ3) is 3.82. The SMILES string of the molecule is Cc1ccc2c(C)c(CCC(=O)NC(C)c3cccnc3)c(=O)oc2c1. The van der Waals surface area contributed by atoms with Gasteiger partial charge in [-0.3, -0.25) is 9.78 Å². The van der Waals surface area contributed by atoms with Crippen LogP contribution in [0.15, 0.2) is 51.9 Å². The van der Waals surface area contributed by atoms with Crippen LogP contribution in [0.5, 0.6) is 0 Å². The zero-order valence-corrected chi connectivity index (χ0v) is 15.2. The van der Waals surface area contributed by atoms with Crippen LogP contribution in [0, 0.1) is 13.8 Å². The minimum atomic E-state index is -0.367. The number of aryl methyl sites for hydroxylation is 2. The number of carbonyl (C=O) groups is 1. The van der Waals surface area contributed by atoms with Crippen molar-refractivity contribution in [3.63, 3.8) is 0 Å². The molecule has 2 aromatic heterocycles. The molecular weight excluding hydrogens is 328 g/mol. The van der Waals surface area contributed by atoms with Gasteiger partial charge in [-0.05, 0) is 56.0 Å². The number of fused-ring (bicyclic) bond motifs is 1. The number of amides is 1. The van der Waals surface area contributed by atoms with Gasteiger partial charge in [-0.2, -0.15) is 0 Å². The molecule has 1 amide bonds. The van der Waals surface area contributed by atoms with Crippen molar-refractivity contribution in [1.29, 1.82) is 0 Å². The maximum atomic E-state index is 12.3. The van der Waals surface area contributed by atoms with Gasteiger partial charge in [0.15, 0.2) is 0 Å². The Labute approximate surface area is 152 Å². The molecule has 0 aliphatic carbocycles. The molecular formula is C21H22N2O3. The smallest absolute Gasteiger partial charge is 0.339 e. The minimum absolute atomic E-state index is 0.107. The van der Waals surface area contributed by atoms with Gasteiger partial charge < -0.3 is 9.73 Å². The van der Waals surface area contributed by atoms with E-state index in [0.717, 1.165) is 22.1 Å². The number of pyridine rings is 1. The van der Waals surface area contributed by atoms with E-state index in [-0.39, 0.29) is 24.0 Å². The van der Waals surface area contributed by atoms with E-state index in [0.29, 0.717) is 17.6 Å². The first-order valence-corrected chi connectivity index (χ1v) is 8.68. The summed E-state index contributed by atoms with van der Waals surface area (Å²) in [6.45, 7) is 5.77. The topological polar surface area (TPSA) is 72.2 Å². The molecule has 3 rings (SSSR count). The third-order valence-corrected chi connectivity index (χ3v) is 4.61. The maximum absolute atomic E-state index is 12.3. The molecule has 134 valence electrons. The molecule has 0 aliphatic rings. The summed E-state index contributed by atoms with van der Waals surface area (Å²) in [5.41, 5.74) is 3.64.